The van der Waals surface area contributed by atoms with Gasteiger partial charge < -0.3 is 24.4 Å². The quantitative estimate of drug-likeness (QED) is 0.594. The molecule has 0 saturated carbocycles. The number of methoxy groups -OCH3 is 2. The van der Waals surface area contributed by atoms with Crippen LogP contribution in [0, 0.1) is 0 Å². The first-order valence-electron chi connectivity index (χ1n) is 4.19. The molecule has 2 N–H and O–H groups in total. The first-order valence-corrected chi connectivity index (χ1v) is 4.19. The molecule has 1 aliphatic rings. The summed E-state index contributed by atoms with van der Waals surface area (Å²) in [5, 5.41) is 18.7. The van der Waals surface area contributed by atoms with Crippen LogP contribution in [0.15, 0.2) is 0 Å². The maximum atomic E-state index is 9.48. The molecule has 0 bridgehead atoms. The van der Waals surface area contributed by atoms with Gasteiger partial charge in [-0.3, -0.25) is 0 Å². The maximum Gasteiger partial charge on any atom is 0.183 e. The lowest BCUT2D eigenvalue weighted by atomic mass is 10.00. The minimum absolute atomic E-state index is 0.298. The fourth-order valence-electron chi connectivity index (χ4n) is 1.60. The molecule has 0 aromatic carbocycles. The van der Waals surface area contributed by atoms with Crippen LogP contribution < -0.4 is 0 Å². The van der Waals surface area contributed by atoms with Gasteiger partial charge in [-0.2, -0.15) is 0 Å². The van der Waals surface area contributed by atoms with Crippen LogP contribution in [-0.4, -0.2) is 55.1 Å². The lowest BCUT2D eigenvalue weighted by molar-refractivity contribution is -0.286. The van der Waals surface area contributed by atoms with E-state index in [9.17, 15) is 10.2 Å². The Balaban J connectivity index is 2.71. The van der Waals surface area contributed by atoms with E-state index in [1.54, 1.807) is 6.92 Å². The van der Waals surface area contributed by atoms with E-state index in [0.717, 1.165) is 0 Å². The molecule has 0 aliphatic carbocycles. The van der Waals surface area contributed by atoms with Gasteiger partial charge in [0.15, 0.2) is 6.29 Å². The number of hydrogen-bond donors (Lipinski definition) is 2. The molecular weight excluding hydrogens is 176 g/mol. The van der Waals surface area contributed by atoms with Crippen LogP contribution in [0.2, 0.25) is 0 Å². The van der Waals surface area contributed by atoms with Crippen LogP contribution in [0.1, 0.15) is 6.92 Å². The van der Waals surface area contributed by atoms with Crippen molar-refractivity contribution >= 4 is 0 Å². The molecule has 5 nitrogen and oxygen atoms in total. The van der Waals surface area contributed by atoms with Crippen LogP contribution in [0.5, 0.6) is 0 Å². The molecule has 0 radical (unpaired) electrons. The highest BCUT2D eigenvalue weighted by Gasteiger charge is 2.43. The third-order valence-corrected chi connectivity index (χ3v) is 2.31. The topological polar surface area (TPSA) is 68.2 Å². The van der Waals surface area contributed by atoms with Crippen LogP contribution in [-0.2, 0) is 14.2 Å². The van der Waals surface area contributed by atoms with E-state index in [0.29, 0.717) is 0 Å². The number of aliphatic hydroxyl groups excluding tert-OH is 2. The smallest absolute Gasteiger partial charge is 0.183 e. The average molecular weight is 192 g/mol. The highest BCUT2D eigenvalue weighted by atomic mass is 16.7. The van der Waals surface area contributed by atoms with Gasteiger partial charge in [-0.1, -0.05) is 0 Å². The Bertz CT molecular complexity index is 163. The summed E-state index contributed by atoms with van der Waals surface area (Å²) >= 11 is 0. The molecule has 5 atom stereocenters. The van der Waals surface area contributed by atoms with Gasteiger partial charge in [-0.15, -0.1) is 0 Å². The van der Waals surface area contributed by atoms with E-state index >= 15 is 0 Å². The van der Waals surface area contributed by atoms with Crippen molar-refractivity contribution in [3.05, 3.63) is 0 Å². The summed E-state index contributed by atoms with van der Waals surface area (Å²) in [6.45, 7) is 1.76. The number of rotatable bonds is 2. The monoisotopic (exact) mass is 192 g/mol. The number of aliphatic hydroxyl groups is 2. The van der Waals surface area contributed by atoms with Gasteiger partial charge >= 0.3 is 0 Å². The summed E-state index contributed by atoms with van der Waals surface area (Å²) in [7, 11) is 2.98. The van der Waals surface area contributed by atoms with Crippen molar-refractivity contribution in [2.75, 3.05) is 14.2 Å². The predicted molar refractivity (Wildman–Crippen MR) is 44.2 cm³/mol. The Labute approximate surface area is 77.2 Å². The molecule has 0 aromatic heterocycles. The van der Waals surface area contributed by atoms with Crippen molar-refractivity contribution in [1.82, 2.24) is 0 Å². The molecule has 0 amide bonds. The summed E-state index contributed by atoms with van der Waals surface area (Å²) in [6.07, 6.45) is -3.47. The van der Waals surface area contributed by atoms with E-state index < -0.39 is 18.5 Å². The first kappa shape index (κ1) is 10.9. The summed E-state index contributed by atoms with van der Waals surface area (Å²) < 4.78 is 15.2. The Morgan fingerprint density at radius 3 is 2.08 bits per heavy atom. The minimum Gasteiger partial charge on any atom is -0.385 e. The van der Waals surface area contributed by atoms with Crippen molar-refractivity contribution in [3.63, 3.8) is 0 Å². The van der Waals surface area contributed by atoms with E-state index in [1.807, 2.05) is 0 Å². The van der Waals surface area contributed by atoms with E-state index in [2.05, 4.69) is 0 Å². The van der Waals surface area contributed by atoms with Crippen molar-refractivity contribution in [3.8, 4) is 0 Å². The van der Waals surface area contributed by atoms with Gasteiger partial charge in [0, 0.05) is 14.2 Å². The van der Waals surface area contributed by atoms with Gasteiger partial charge in [0.2, 0.25) is 0 Å². The van der Waals surface area contributed by atoms with Gasteiger partial charge in [0.05, 0.1) is 6.10 Å². The molecule has 0 aromatic rings. The fourth-order valence-corrected chi connectivity index (χ4v) is 1.60. The Kier molecular flexibility index (Phi) is 3.63. The molecule has 1 fully saturated rings. The minimum atomic E-state index is -1.20. The van der Waals surface area contributed by atoms with Crippen molar-refractivity contribution in [1.29, 1.82) is 0 Å². The second-order valence-corrected chi connectivity index (χ2v) is 3.12. The Hall–Kier alpha value is -0.200. The normalized spacial score (nSPS) is 46.4. The maximum absolute atomic E-state index is 9.48. The zero-order valence-corrected chi connectivity index (χ0v) is 8.01. The molecule has 13 heavy (non-hydrogen) atoms. The third-order valence-electron chi connectivity index (χ3n) is 2.31. The molecule has 5 heteroatoms. The Morgan fingerprint density at radius 1 is 1.08 bits per heavy atom. The molecule has 0 spiro atoms. The van der Waals surface area contributed by atoms with Gasteiger partial charge in [0.1, 0.15) is 18.3 Å². The molecule has 1 aliphatic heterocycles. The van der Waals surface area contributed by atoms with E-state index in [-0.39, 0.29) is 12.2 Å². The lowest BCUT2D eigenvalue weighted by Gasteiger charge is -2.40. The molecule has 0 unspecified atom stereocenters. The molecule has 1 heterocycles. The molecule has 1 rings (SSSR count). The largest absolute Gasteiger partial charge is 0.385 e. The van der Waals surface area contributed by atoms with E-state index in [1.165, 1.54) is 14.2 Å². The second-order valence-electron chi connectivity index (χ2n) is 3.12. The second kappa shape index (κ2) is 4.34. The van der Waals surface area contributed by atoms with Crippen LogP contribution in [0.25, 0.3) is 0 Å². The lowest BCUT2D eigenvalue weighted by Crippen LogP contribution is -2.57. The highest BCUT2D eigenvalue weighted by Crippen LogP contribution is 2.23. The van der Waals surface area contributed by atoms with Crippen LogP contribution in [0.4, 0.5) is 0 Å². The summed E-state index contributed by atoms with van der Waals surface area (Å²) in [5.41, 5.74) is 0. The van der Waals surface area contributed by atoms with Crippen molar-refractivity contribution in [2.24, 2.45) is 0 Å². The number of ether oxygens (including phenoxy) is 3. The first-order chi connectivity index (χ1) is 6.11. The number of hydrogen-bond acceptors (Lipinski definition) is 5. The predicted octanol–water partition coefficient (Wildman–Crippen LogP) is -0.886. The highest BCUT2D eigenvalue weighted by molar-refractivity contribution is 4.88. The fraction of sp³-hybridized carbons (Fsp3) is 1.00. The SMILES string of the molecule is CO[C@@H]1[C@@H](OC)[C@@H](O)[C@@H](O)O[C@H]1C. The molecule has 78 valence electrons. The zero-order valence-electron chi connectivity index (χ0n) is 8.01. The standard InChI is InChI=1S/C8H16O5/c1-4-6(11-2)7(12-3)5(9)8(10)13-4/h4-10H,1-3H3/t4-,5+,6-,7-,8-/m0/s1. The van der Waals surface area contributed by atoms with Crippen molar-refractivity contribution < 1.29 is 24.4 Å². The Morgan fingerprint density at radius 2 is 1.62 bits per heavy atom. The van der Waals surface area contributed by atoms with Gasteiger partial charge in [-0.05, 0) is 6.92 Å². The van der Waals surface area contributed by atoms with Gasteiger partial charge in [0.25, 0.3) is 0 Å². The molecular formula is C8H16O5. The van der Waals surface area contributed by atoms with E-state index in [4.69, 9.17) is 14.2 Å². The van der Waals surface area contributed by atoms with Crippen molar-refractivity contribution in [2.45, 2.75) is 37.6 Å². The average Bonchev–Trinajstić information content (AvgIpc) is 2.10. The summed E-state index contributed by atoms with van der Waals surface area (Å²) in [4.78, 5) is 0. The van der Waals surface area contributed by atoms with Crippen LogP contribution in [0.3, 0.4) is 0 Å². The summed E-state index contributed by atoms with van der Waals surface area (Å²) in [5.74, 6) is 0. The van der Waals surface area contributed by atoms with Gasteiger partial charge in [-0.25, -0.2) is 0 Å². The molecule has 1 saturated heterocycles. The summed E-state index contributed by atoms with van der Waals surface area (Å²) in [6, 6.07) is 0. The zero-order chi connectivity index (χ0) is 10.0. The third kappa shape index (κ3) is 2.00. The van der Waals surface area contributed by atoms with Crippen LogP contribution >= 0.6 is 0 Å².